The Morgan fingerprint density at radius 2 is 2.55 bits per heavy atom. The fraction of sp³-hybridized carbons (Fsp3) is 0.429. The molecule has 0 saturated heterocycles. The highest BCUT2D eigenvalue weighted by atomic mass is 16.5. The zero-order chi connectivity index (χ0) is 7.68. The van der Waals surface area contributed by atoms with Crippen LogP contribution < -0.4 is 0 Å². The van der Waals surface area contributed by atoms with Gasteiger partial charge in [0.05, 0.1) is 18.9 Å². The van der Waals surface area contributed by atoms with Crippen molar-refractivity contribution < 1.29 is 9.53 Å². The predicted molar refractivity (Wildman–Crippen MR) is 37.3 cm³/mol. The molecule has 0 atom stereocenters. The molecule has 0 saturated carbocycles. The Bertz CT molecular complexity index is 280. The summed E-state index contributed by atoms with van der Waals surface area (Å²) in [6, 6.07) is 0. The normalized spacial score (nSPS) is 16.0. The number of hydrogen-bond acceptors (Lipinski definition) is 3. The first-order chi connectivity index (χ1) is 5.42. The zero-order valence-electron chi connectivity index (χ0n) is 5.96. The summed E-state index contributed by atoms with van der Waals surface area (Å²) in [4.78, 5) is 10.4. The van der Waals surface area contributed by atoms with Gasteiger partial charge in [0.1, 0.15) is 5.69 Å². The van der Waals surface area contributed by atoms with Crippen LogP contribution >= 0.6 is 0 Å². The predicted octanol–water partition coefficient (Wildman–Crippen LogP) is 0.295. The molecule has 4 heteroatoms. The highest BCUT2D eigenvalue weighted by Gasteiger charge is 2.15. The molecule has 11 heavy (non-hydrogen) atoms. The van der Waals surface area contributed by atoms with Gasteiger partial charge in [-0.2, -0.15) is 5.10 Å². The van der Waals surface area contributed by atoms with Crippen molar-refractivity contribution >= 4 is 6.29 Å². The second kappa shape index (κ2) is 2.47. The number of aromatic amines is 1. The Morgan fingerprint density at radius 1 is 1.64 bits per heavy atom. The number of ether oxygens (including phenoxy) is 1. The summed E-state index contributed by atoms with van der Waals surface area (Å²) in [7, 11) is 0. The fourth-order valence-electron chi connectivity index (χ4n) is 1.26. The van der Waals surface area contributed by atoms with Gasteiger partial charge in [0.15, 0.2) is 6.29 Å². The summed E-state index contributed by atoms with van der Waals surface area (Å²) in [5.41, 5.74) is 2.49. The number of hydrogen-bond donors (Lipinski definition) is 1. The van der Waals surface area contributed by atoms with Crippen molar-refractivity contribution in [1.82, 2.24) is 10.2 Å². The standard InChI is InChI=1S/C7H8N2O2/c10-3-6-5-1-2-11-4-7(5)9-8-6/h3H,1-2,4H2,(H,8,9). The van der Waals surface area contributed by atoms with Crippen LogP contribution in [0.15, 0.2) is 0 Å². The van der Waals surface area contributed by atoms with E-state index in [1.54, 1.807) is 0 Å². The van der Waals surface area contributed by atoms with Gasteiger partial charge in [-0.25, -0.2) is 0 Å². The number of aldehydes is 1. The van der Waals surface area contributed by atoms with E-state index in [9.17, 15) is 4.79 Å². The SMILES string of the molecule is O=Cc1n[nH]c2c1CCOC2. The Hall–Kier alpha value is -1.16. The molecule has 58 valence electrons. The Balaban J connectivity index is 2.45. The van der Waals surface area contributed by atoms with Crippen molar-refractivity contribution in [2.24, 2.45) is 0 Å². The Kier molecular flexibility index (Phi) is 1.47. The first-order valence-electron chi connectivity index (χ1n) is 3.51. The lowest BCUT2D eigenvalue weighted by atomic mass is 10.1. The van der Waals surface area contributed by atoms with Crippen LogP contribution in [-0.4, -0.2) is 23.1 Å². The molecule has 1 aliphatic heterocycles. The number of aromatic nitrogens is 2. The third-order valence-corrected chi connectivity index (χ3v) is 1.84. The van der Waals surface area contributed by atoms with Gasteiger partial charge in [-0.15, -0.1) is 0 Å². The van der Waals surface area contributed by atoms with E-state index in [1.807, 2.05) is 0 Å². The van der Waals surface area contributed by atoms with Crippen LogP contribution in [0.1, 0.15) is 21.7 Å². The van der Waals surface area contributed by atoms with E-state index in [2.05, 4.69) is 10.2 Å². The van der Waals surface area contributed by atoms with Crippen LogP contribution in [0.25, 0.3) is 0 Å². The number of nitrogens with zero attached hydrogens (tertiary/aromatic N) is 1. The van der Waals surface area contributed by atoms with Gasteiger partial charge in [0.2, 0.25) is 0 Å². The molecule has 0 unspecified atom stereocenters. The second-order valence-corrected chi connectivity index (χ2v) is 2.49. The van der Waals surface area contributed by atoms with Crippen LogP contribution in [0.4, 0.5) is 0 Å². The number of nitrogens with one attached hydrogen (secondary N) is 1. The van der Waals surface area contributed by atoms with E-state index in [1.165, 1.54) is 0 Å². The third-order valence-electron chi connectivity index (χ3n) is 1.84. The minimum Gasteiger partial charge on any atom is -0.375 e. The van der Waals surface area contributed by atoms with Crippen molar-refractivity contribution in [1.29, 1.82) is 0 Å². The minimum absolute atomic E-state index is 0.531. The van der Waals surface area contributed by atoms with Gasteiger partial charge in [-0.05, 0) is 6.42 Å². The lowest BCUT2D eigenvalue weighted by Gasteiger charge is -2.10. The first kappa shape index (κ1) is 6.54. The molecule has 0 fully saturated rings. The van der Waals surface area contributed by atoms with Crippen LogP contribution in [0.3, 0.4) is 0 Å². The average molecular weight is 152 g/mol. The van der Waals surface area contributed by atoms with Gasteiger partial charge >= 0.3 is 0 Å². The van der Waals surface area contributed by atoms with Gasteiger partial charge in [-0.3, -0.25) is 9.89 Å². The minimum atomic E-state index is 0.531. The van der Waals surface area contributed by atoms with Crippen molar-refractivity contribution in [3.63, 3.8) is 0 Å². The number of carbonyl (C=O) groups excluding carboxylic acids is 1. The van der Waals surface area contributed by atoms with Crippen LogP contribution in [0, 0.1) is 0 Å². The highest BCUT2D eigenvalue weighted by molar-refractivity contribution is 5.74. The molecular formula is C7H8N2O2. The summed E-state index contributed by atoms with van der Waals surface area (Å²) in [6.45, 7) is 1.24. The van der Waals surface area contributed by atoms with Crippen molar-refractivity contribution in [2.45, 2.75) is 13.0 Å². The summed E-state index contributed by atoms with van der Waals surface area (Å²) in [6.07, 6.45) is 1.57. The van der Waals surface area contributed by atoms with Gasteiger partial charge in [0.25, 0.3) is 0 Å². The Morgan fingerprint density at radius 3 is 3.36 bits per heavy atom. The molecule has 2 rings (SSSR count). The summed E-state index contributed by atoms with van der Waals surface area (Å²) < 4.78 is 5.17. The molecule has 0 spiro atoms. The van der Waals surface area contributed by atoms with Crippen molar-refractivity contribution in [2.75, 3.05) is 6.61 Å². The molecule has 1 aromatic rings. The number of H-pyrrole nitrogens is 1. The lowest BCUT2D eigenvalue weighted by molar-refractivity contribution is 0.106. The molecule has 1 N–H and O–H groups in total. The number of fused-ring (bicyclic) bond motifs is 1. The lowest BCUT2D eigenvalue weighted by Crippen LogP contribution is -2.09. The fourth-order valence-corrected chi connectivity index (χ4v) is 1.26. The van der Waals surface area contributed by atoms with Crippen LogP contribution in [-0.2, 0) is 17.8 Å². The molecule has 1 aliphatic rings. The van der Waals surface area contributed by atoms with E-state index in [-0.39, 0.29) is 0 Å². The smallest absolute Gasteiger partial charge is 0.170 e. The average Bonchev–Trinajstić information content (AvgIpc) is 2.47. The topological polar surface area (TPSA) is 55.0 Å². The molecule has 0 aromatic carbocycles. The molecular weight excluding hydrogens is 144 g/mol. The van der Waals surface area contributed by atoms with E-state index < -0.39 is 0 Å². The molecule has 1 aromatic heterocycles. The molecule has 0 amide bonds. The van der Waals surface area contributed by atoms with E-state index in [4.69, 9.17) is 4.74 Å². The molecule has 2 heterocycles. The third kappa shape index (κ3) is 0.952. The molecule has 0 radical (unpaired) electrons. The Labute approximate surface area is 63.6 Å². The largest absolute Gasteiger partial charge is 0.375 e. The number of carbonyl (C=O) groups is 1. The molecule has 0 aliphatic carbocycles. The molecule has 0 bridgehead atoms. The van der Waals surface area contributed by atoms with Crippen molar-refractivity contribution in [3.05, 3.63) is 17.0 Å². The van der Waals surface area contributed by atoms with E-state index >= 15 is 0 Å². The highest BCUT2D eigenvalue weighted by Crippen LogP contribution is 2.15. The quantitative estimate of drug-likeness (QED) is 0.588. The maximum atomic E-state index is 10.4. The summed E-state index contributed by atoms with van der Waals surface area (Å²) in [5, 5.41) is 6.61. The van der Waals surface area contributed by atoms with Gasteiger partial charge in [0, 0.05) is 5.56 Å². The van der Waals surface area contributed by atoms with Crippen LogP contribution in [0.2, 0.25) is 0 Å². The molecule has 4 nitrogen and oxygen atoms in total. The van der Waals surface area contributed by atoms with Gasteiger partial charge < -0.3 is 4.74 Å². The van der Waals surface area contributed by atoms with Crippen molar-refractivity contribution in [3.8, 4) is 0 Å². The zero-order valence-corrected chi connectivity index (χ0v) is 5.96. The maximum Gasteiger partial charge on any atom is 0.170 e. The summed E-state index contributed by atoms with van der Waals surface area (Å²) >= 11 is 0. The van der Waals surface area contributed by atoms with E-state index in [0.717, 1.165) is 24.0 Å². The maximum absolute atomic E-state index is 10.4. The second-order valence-electron chi connectivity index (χ2n) is 2.49. The van der Waals surface area contributed by atoms with Gasteiger partial charge in [-0.1, -0.05) is 0 Å². The van der Waals surface area contributed by atoms with E-state index in [0.29, 0.717) is 18.9 Å². The van der Waals surface area contributed by atoms with Crippen LogP contribution in [0.5, 0.6) is 0 Å². The monoisotopic (exact) mass is 152 g/mol. The number of rotatable bonds is 1. The summed E-state index contributed by atoms with van der Waals surface area (Å²) in [5.74, 6) is 0. The first-order valence-corrected chi connectivity index (χ1v) is 3.51.